The number of aryl methyl sites for hydroxylation is 1. The molecule has 0 aliphatic heterocycles. The van der Waals surface area contributed by atoms with Crippen LogP contribution in [0.1, 0.15) is 29.3 Å². The van der Waals surface area contributed by atoms with Crippen molar-refractivity contribution < 1.29 is 9.59 Å². The Kier molecular flexibility index (Phi) is 6.18. The lowest BCUT2D eigenvalue weighted by Crippen LogP contribution is -2.29. The molecule has 0 saturated heterocycles. The molecule has 1 rings (SSSR count). The zero-order valence-corrected chi connectivity index (χ0v) is 12.6. The minimum absolute atomic E-state index is 0.0791. The molecule has 0 atom stereocenters. The first-order chi connectivity index (χ1) is 9.45. The highest BCUT2D eigenvalue weighted by atomic mass is 16.2. The first-order valence-corrected chi connectivity index (χ1v) is 6.78. The Labute approximate surface area is 120 Å². The number of nitrogens with zero attached hydrogens (tertiary/aromatic N) is 1. The molecule has 110 valence electrons. The average molecular weight is 277 g/mol. The number of nitrogens with one attached hydrogen (secondary N) is 2. The van der Waals surface area contributed by atoms with Crippen molar-refractivity contribution in [2.45, 2.75) is 20.3 Å². The Morgan fingerprint density at radius 2 is 1.95 bits per heavy atom. The van der Waals surface area contributed by atoms with E-state index in [1.54, 1.807) is 26.2 Å². The third-order valence-corrected chi connectivity index (χ3v) is 2.88. The van der Waals surface area contributed by atoms with Crippen LogP contribution >= 0.6 is 0 Å². The largest absolute Gasteiger partial charge is 0.345 e. The SMILES string of the molecule is CCCNCC(=O)Nc1cc(C(=O)N(C)C)ccc1C. The molecule has 0 bridgehead atoms. The number of anilines is 1. The van der Waals surface area contributed by atoms with E-state index in [9.17, 15) is 9.59 Å². The average Bonchev–Trinajstić information content (AvgIpc) is 2.40. The van der Waals surface area contributed by atoms with E-state index < -0.39 is 0 Å². The maximum Gasteiger partial charge on any atom is 0.253 e. The first-order valence-electron chi connectivity index (χ1n) is 6.78. The van der Waals surface area contributed by atoms with Gasteiger partial charge in [0.25, 0.3) is 5.91 Å². The molecular weight excluding hydrogens is 254 g/mol. The smallest absolute Gasteiger partial charge is 0.253 e. The molecule has 0 fully saturated rings. The van der Waals surface area contributed by atoms with Crippen LogP contribution in [0.5, 0.6) is 0 Å². The van der Waals surface area contributed by atoms with Crippen LogP contribution in [0.25, 0.3) is 0 Å². The third kappa shape index (κ3) is 4.66. The van der Waals surface area contributed by atoms with Gasteiger partial charge < -0.3 is 15.5 Å². The summed E-state index contributed by atoms with van der Waals surface area (Å²) < 4.78 is 0. The second-order valence-electron chi connectivity index (χ2n) is 4.95. The van der Waals surface area contributed by atoms with Crippen molar-refractivity contribution in [3.05, 3.63) is 29.3 Å². The molecule has 2 N–H and O–H groups in total. The van der Waals surface area contributed by atoms with Crippen molar-refractivity contribution in [1.82, 2.24) is 10.2 Å². The molecule has 0 saturated carbocycles. The van der Waals surface area contributed by atoms with Crippen molar-refractivity contribution in [2.75, 3.05) is 32.5 Å². The van der Waals surface area contributed by atoms with Crippen molar-refractivity contribution in [1.29, 1.82) is 0 Å². The lowest BCUT2D eigenvalue weighted by Gasteiger charge is -2.13. The minimum atomic E-state index is -0.101. The van der Waals surface area contributed by atoms with E-state index in [0.29, 0.717) is 11.3 Å². The molecule has 0 aliphatic rings. The van der Waals surface area contributed by atoms with Gasteiger partial charge in [0.05, 0.1) is 6.54 Å². The number of rotatable bonds is 6. The number of hydrogen-bond acceptors (Lipinski definition) is 3. The van der Waals surface area contributed by atoms with Crippen LogP contribution in [0.2, 0.25) is 0 Å². The molecule has 0 heterocycles. The number of amides is 2. The van der Waals surface area contributed by atoms with E-state index in [2.05, 4.69) is 10.6 Å². The summed E-state index contributed by atoms with van der Waals surface area (Å²) in [4.78, 5) is 25.2. The van der Waals surface area contributed by atoms with Gasteiger partial charge in [0.1, 0.15) is 0 Å². The molecule has 5 nitrogen and oxygen atoms in total. The molecule has 2 amide bonds. The summed E-state index contributed by atoms with van der Waals surface area (Å²) in [5.74, 6) is -0.180. The molecule has 0 radical (unpaired) electrons. The topological polar surface area (TPSA) is 61.4 Å². The summed E-state index contributed by atoms with van der Waals surface area (Å²) in [6, 6.07) is 5.32. The Hall–Kier alpha value is -1.88. The Morgan fingerprint density at radius 3 is 2.55 bits per heavy atom. The van der Waals surface area contributed by atoms with Crippen molar-refractivity contribution in [2.24, 2.45) is 0 Å². The van der Waals surface area contributed by atoms with Gasteiger partial charge in [-0.3, -0.25) is 9.59 Å². The van der Waals surface area contributed by atoms with Gasteiger partial charge in [-0.1, -0.05) is 13.0 Å². The normalized spacial score (nSPS) is 10.2. The van der Waals surface area contributed by atoms with Crippen molar-refractivity contribution in [3.63, 3.8) is 0 Å². The van der Waals surface area contributed by atoms with Crippen molar-refractivity contribution in [3.8, 4) is 0 Å². The van der Waals surface area contributed by atoms with E-state index in [1.807, 2.05) is 19.9 Å². The summed E-state index contributed by atoms with van der Waals surface area (Å²) in [5, 5.41) is 5.87. The highest BCUT2D eigenvalue weighted by molar-refractivity contribution is 5.98. The molecule has 20 heavy (non-hydrogen) atoms. The van der Waals surface area contributed by atoms with Crippen LogP contribution in [0.15, 0.2) is 18.2 Å². The number of benzene rings is 1. The fraction of sp³-hybridized carbons (Fsp3) is 0.467. The number of carbonyl (C=O) groups excluding carboxylic acids is 2. The summed E-state index contributed by atoms with van der Waals surface area (Å²) in [6.45, 7) is 5.04. The van der Waals surface area contributed by atoms with Crippen LogP contribution in [-0.2, 0) is 4.79 Å². The molecule has 0 spiro atoms. The third-order valence-electron chi connectivity index (χ3n) is 2.88. The van der Waals surface area contributed by atoms with E-state index in [1.165, 1.54) is 4.90 Å². The zero-order valence-electron chi connectivity index (χ0n) is 12.6. The van der Waals surface area contributed by atoms with Gasteiger partial charge >= 0.3 is 0 Å². The molecule has 0 unspecified atom stereocenters. The van der Waals surface area contributed by atoms with Crippen LogP contribution in [0.3, 0.4) is 0 Å². The van der Waals surface area contributed by atoms with Gasteiger partial charge in [0.15, 0.2) is 0 Å². The standard InChI is InChI=1S/C15H23N3O2/c1-5-8-16-10-14(19)17-13-9-12(7-6-11(13)2)15(20)18(3)4/h6-7,9,16H,5,8,10H2,1-4H3,(H,17,19). The van der Waals surface area contributed by atoms with Gasteiger partial charge in [-0.25, -0.2) is 0 Å². The number of hydrogen-bond donors (Lipinski definition) is 2. The quantitative estimate of drug-likeness (QED) is 0.777. The summed E-state index contributed by atoms with van der Waals surface area (Å²) in [7, 11) is 3.41. The predicted octanol–water partition coefficient (Wildman–Crippen LogP) is 1.63. The lowest BCUT2D eigenvalue weighted by molar-refractivity contribution is -0.115. The fourth-order valence-corrected chi connectivity index (χ4v) is 1.72. The first kappa shape index (κ1) is 16.2. The second-order valence-corrected chi connectivity index (χ2v) is 4.95. The van der Waals surface area contributed by atoms with Crippen LogP contribution in [-0.4, -0.2) is 43.9 Å². The summed E-state index contributed by atoms with van der Waals surface area (Å²) >= 11 is 0. The Bertz CT molecular complexity index is 484. The van der Waals surface area contributed by atoms with Gasteiger partial charge in [0.2, 0.25) is 5.91 Å². The van der Waals surface area contributed by atoms with Gasteiger partial charge in [-0.2, -0.15) is 0 Å². The summed E-state index contributed by atoms with van der Waals surface area (Å²) in [5.41, 5.74) is 2.18. The minimum Gasteiger partial charge on any atom is -0.345 e. The van der Waals surface area contributed by atoms with Gasteiger partial charge in [0, 0.05) is 25.3 Å². The molecule has 5 heteroatoms. The number of carbonyl (C=O) groups is 2. The van der Waals surface area contributed by atoms with Gasteiger partial charge in [-0.05, 0) is 37.6 Å². The second kappa shape index (κ2) is 7.65. The zero-order chi connectivity index (χ0) is 15.1. The van der Waals surface area contributed by atoms with E-state index in [0.717, 1.165) is 18.5 Å². The fourth-order valence-electron chi connectivity index (χ4n) is 1.72. The monoisotopic (exact) mass is 277 g/mol. The highest BCUT2D eigenvalue weighted by Gasteiger charge is 2.11. The molecular formula is C15H23N3O2. The summed E-state index contributed by atoms with van der Waals surface area (Å²) in [6.07, 6.45) is 0.985. The van der Waals surface area contributed by atoms with Crippen LogP contribution in [0, 0.1) is 6.92 Å². The van der Waals surface area contributed by atoms with Crippen LogP contribution < -0.4 is 10.6 Å². The molecule has 0 aliphatic carbocycles. The van der Waals surface area contributed by atoms with Gasteiger partial charge in [-0.15, -0.1) is 0 Å². The predicted molar refractivity (Wildman–Crippen MR) is 81.0 cm³/mol. The maximum atomic E-state index is 11.9. The lowest BCUT2D eigenvalue weighted by atomic mass is 10.1. The molecule has 0 aromatic heterocycles. The Balaban J connectivity index is 2.76. The Morgan fingerprint density at radius 1 is 1.25 bits per heavy atom. The van der Waals surface area contributed by atoms with E-state index in [4.69, 9.17) is 0 Å². The van der Waals surface area contributed by atoms with Crippen molar-refractivity contribution >= 4 is 17.5 Å². The molecule has 1 aromatic rings. The molecule has 1 aromatic carbocycles. The maximum absolute atomic E-state index is 11.9. The van der Waals surface area contributed by atoms with Crippen LogP contribution in [0.4, 0.5) is 5.69 Å². The highest BCUT2D eigenvalue weighted by Crippen LogP contribution is 2.17. The van der Waals surface area contributed by atoms with E-state index >= 15 is 0 Å². The van der Waals surface area contributed by atoms with E-state index in [-0.39, 0.29) is 18.4 Å².